The lowest BCUT2D eigenvalue weighted by Crippen LogP contribution is -2.48. The first-order chi connectivity index (χ1) is 13.5. The van der Waals surface area contributed by atoms with Gasteiger partial charge in [-0.1, -0.05) is 19.1 Å². The number of aryl methyl sites for hydroxylation is 1. The molecule has 0 amide bonds. The normalized spacial score (nSPS) is 15.5. The summed E-state index contributed by atoms with van der Waals surface area (Å²) >= 11 is 0. The van der Waals surface area contributed by atoms with Crippen LogP contribution in [0.25, 0.3) is 0 Å². The van der Waals surface area contributed by atoms with Gasteiger partial charge in [-0.05, 0) is 49.2 Å². The molecular weight excluding hydrogens is 376 g/mol. The number of sulfonamides is 1. The molecule has 7 heteroatoms. The highest BCUT2D eigenvalue weighted by atomic mass is 32.2. The third-order valence-corrected chi connectivity index (χ3v) is 6.80. The van der Waals surface area contributed by atoms with E-state index in [0.29, 0.717) is 37.7 Å². The SMILES string of the molecule is CCCOc1ccc(S(=O)(=O)N2CCN(c3ccccc3OC)CC2)cc1C. The minimum Gasteiger partial charge on any atom is -0.495 e. The monoisotopic (exact) mass is 404 g/mol. The van der Waals surface area contributed by atoms with Crippen molar-refractivity contribution in [3.05, 3.63) is 48.0 Å². The minimum absolute atomic E-state index is 0.319. The molecule has 0 aromatic heterocycles. The number of nitrogens with zero attached hydrogens (tertiary/aromatic N) is 2. The van der Waals surface area contributed by atoms with E-state index >= 15 is 0 Å². The Morgan fingerprint density at radius 2 is 1.71 bits per heavy atom. The van der Waals surface area contributed by atoms with Crippen LogP contribution in [0.1, 0.15) is 18.9 Å². The van der Waals surface area contributed by atoms with Crippen LogP contribution < -0.4 is 14.4 Å². The van der Waals surface area contributed by atoms with Crippen LogP contribution in [0.4, 0.5) is 5.69 Å². The van der Waals surface area contributed by atoms with E-state index < -0.39 is 10.0 Å². The van der Waals surface area contributed by atoms with Crippen LogP contribution in [-0.4, -0.2) is 52.6 Å². The zero-order valence-corrected chi connectivity index (χ0v) is 17.5. The molecule has 2 aromatic rings. The highest BCUT2D eigenvalue weighted by Gasteiger charge is 2.29. The number of piperazine rings is 1. The topological polar surface area (TPSA) is 59.1 Å². The van der Waals surface area contributed by atoms with Crippen LogP contribution in [0.15, 0.2) is 47.4 Å². The predicted molar refractivity (Wildman–Crippen MR) is 111 cm³/mol. The van der Waals surface area contributed by atoms with E-state index in [0.717, 1.165) is 29.2 Å². The van der Waals surface area contributed by atoms with Crippen LogP contribution in [0.5, 0.6) is 11.5 Å². The highest BCUT2D eigenvalue weighted by molar-refractivity contribution is 7.89. The Morgan fingerprint density at radius 1 is 1.00 bits per heavy atom. The molecule has 1 saturated heterocycles. The molecule has 0 radical (unpaired) electrons. The molecule has 1 aliphatic heterocycles. The third kappa shape index (κ3) is 4.25. The van der Waals surface area contributed by atoms with Crippen molar-refractivity contribution in [3.8, 4) is 11.5 Å². The summed E-state index contributed by atoms with van der Waals surface area (Å²) < 4.78 is 38.8. The number of rotatable bonds is 7. The Kier molecular flexibility index (Phi) is 6.46. The standard InChI is InChI=1S/C21H28N2O4S/c1-4-15-27-20-10-9-18(16-17(20)2)28(24,25)23-13-11-22(12-14-23)19-7-5-6-8-21(19)26-3/h5-10,16H,4,11-15H2,1-3H3. The van der Waals surface area contributed by atoms with Crippen LogP contribution in [0.3, 0.4) is 0 Å². The van der Waals surface area contributed by atoms with Gasteiger partial charge in [0.2, 0.25) is 10.0 Å². The van der Waals surface area contributed by atoms with Crippen LogP contribution in [-0.2, 0) is 10.0 Å². The molecule has 1 fully saturated rings. The number of ether oxygens (including phenoxy) is 2. The smallest absolute Gasteiger partial charge is 0.243 e. The lowest BCUT2D eigenvalue weighted by atomic mass is 10.2. The minimum atomic E-state index is -3.52. The molecule has 0 atom stereocenters. The van der Waals surface area contributed by atoms with Crippen LogP contribution in [0, 0.1) is 6.92 Å². The summed E-state index contributed by atoms with van der Waals surface area (Å²) in [5.74, 6) is 1.54. The van der Waals surface area contributed by atoms with Gasteiger partial charge in [-0.25, -0.2) is 8.42 Å². The maximum atomic E-state index is 13.1. The van der Waals surface area contributed by atoms with E-state index in [1.54, 1.807) is 29.6 Å². The second kappa shape index (κ2) is 8.84. The Hall–Kier alpha value is -2.25. The van der Waals surface area contributed by atoms with E-state index in [-0.39, 0.29) is 0 Å². The first kappa shape index (κ1) is 20.5. The zero-order chi connectivity index (χ0) is 20.1. The van der Waals surface area contributed by atoms with Gasteiger partial charge in [-0.3, -0.25) is 0 Å². The average Bonchev–Trinajstić information content (AvgIpc) is 2.73. The molecule has 0 N–H and O–H groups in total. The number of hydrogen-bond donors (Lipinski definition) is 0. The van der Waals surface area contributed by atoms with Crippen LogP contribution in [0.2, 0.25) is 0 Å². The van der Waals surface area contributed by atoms with Gasteiger partial charge in [0.25, 0.3) is 0 Å². The second-order valence-corrected chi connectivity index (χ2v) is 8.78. The summed E-state index contributed by atoms with van der Waals surface area (Å²) in [6, 6.07) is 12.9. The fraction of sp³-hybridized carbons (Fsp3) is 0.429. The van der Waals surface area contributed by atoms with E-state index in [2.05, 4.69) is 4.90 Å². The quantitative estimate of drug-likeness (QED) is 0.709. The molecule has 3 rings (SSSR count). The fourth-order valence-corrected chi connectivity index (χ4v) is 4.87. The molecule has 0 saturated carbocycles. The fourth-order valence-electron chi connectivity index (χ4n) is 3.37. The molecule has 6 nitrogen and oxygen atoms in total. The number of methoxy groups -OCH3 is 1. The third-order valence-electron chi connectivity index (χ3n) is 4.91. The van der Waals surface area contributed by atoms with Gasteiger partial charge in [-0.15, -0.1) is 0 Å². The molecule has 0 bridgehead atoms. The number of para-hydroxylation sites is 2. The number of anilines is 1. The highest BCUT2D eigenvalue weighted by Crippen LogP contribution is 2.30. The van der Waals surface area contributed by atoms with E-state index in [1.807, 2.05) is 38.1 Å². The summed E-state index contributed by atoms with van der Waals surface area (Å²) in [4.78, 5) is 2.48. The molecule has 28 heavy (non-hydrogen) atoms. The Balaban J connectivity index is 1.72. The van der Waals surface area contributed by atoms with Crippen molar-refractivity contribution in [2.24, 2.45) is 0 Å². The maximum absolute atomic E-state index is 13.1. The van der Waals surface area contributed by atoms with Crippen molar-refractivity contribution in [2.75, 3.05) is 44.8 Å². The second-order valence-electron chi connectivity index (χ2n) is 6.84. The number of benzene rings is 2. The summed E-state index contributed by atoms with van der Waals surface area (Å²) in [5, 5.41) is 0. The van der Waals surface area contributed by atoms with Gasteiger partial charge >= 0.3 is 0 Å². The molecule has 1 heterocycles. The Morgan fingerprint density at radius 3 is 2.36 bits per heavy atom. The van der Waals surface area contributed by atoms with Crippen molar-refractivity contribution in [3.63, 3.8) is 0 Å². The Bertz CT molecular complexity index is 906. The summed E-state index contributed by atoms with van der Waals surface area (Å²) in [6.45, 7) is 6.66. The van der Waals surface area contributed by atoms with Gasteiger partial charge in [0.15, 0.2) is 0 Å². The van der Waals surface area contributed by atoms with E-state index in [1.165, 1.54) is 0 Å². The molecular formula is C21H28N2O4S. The van der Waals surface area contributed by atoms with Crippen molar-refractivity contribution in [1.29, 1.82) is 0 Å². The number of hydrogen-bond acceptors (Lipinski definition) is 5. The van der Waals surface area contributed by atoms with Crippen LogP contribution >= 0.6 is 0 Å². The van der Waals surface area contributed by atoms with Gasteiger partial charge in [0.1, 0.15) is 11.5 Å². The lowest BCUT2D eigenvalue weighted by molar-refractivity contribution is 0.315. The molecule has 1 aliphatic rings. The zero-order valence-electron chi connectivity index (χ0n) is 16.7. The van der Waals surface area contributed by atoms with Crippen molar-refractivity contribution < 1.29 is 17.9 Å². The average molecular weight is 405 g/mol. The molecule has 2 aromatic carbocycles. The van der Waals surface area contributed by atoms with Crippen molar-refractivity contribution >= 4 is 15.7 Å². The largest absolute Gasteiger partial charge is 0.495 e. The van der Waals surface area contributed by atoms with Crippen molar-refractivity contribution in [2.45, 2.75) is 25.2 Å². The van der Waals surface area contributed by atoms with E-state index in [9.17, 15) is 8.42 Å². The molecule has 0 aliphatic carbocycles. The molecule has 0 spiro atoms. The van der Waals surface area contributed by atoms with Gasteiger partial charge < -0.3 is 14.4 Å². The van der Waals surface area contributed by atoms with Crippen molar-refractivity contribution in [1.82, 2.24) is 4.31 Å². The van der Waals surface area contributed by atoms with Gasteiger partial charge in [-0.2, -0.15) is 4.31 Å². The first-order valence-electron chi connectivity index (χ1n) is 9.59. The Labute approximate surface area is 167 Å². The van der Waals surface area contributed by atoms with Gasteiger partial charge in [0, 0.05) is 26.2 Å². The van der Waals surface area contributed by atoms with E-state index in [4.69, 9.17) is 9.47 Å². The maximum Gasteiger partial charge on any atom is 0.243 e. The first-order valence-corrected chi connectivity index (χ1v) is 11.0. The van der Waals surface area contributed by atoms with Gasteiger partial charge in [0.05, 0.1) is 24.3 Å². The summed E-state index contributed by atoms with van der Waals surface area (Å²) in [6.07, 6.45) is 0.913. The molecule has 152 valence electrons. The summed E-state index contributed by atoms with van der Waals surface area (Å²) in [7, 11) is -1.87. The predicted octanol–water partition coefficient (Wildman–Crippen LogP) is 3.30. The summed E-state index contributed by atoms with van der Waals surface area (Å²) in [5.41, 5.74) is 1.83. The lowest BCUT2D eigenvalue weighted by Gasteiger charge is -2.36. The molecule has 0 unspecified atom stereocenters.